The van der Waals surface area contributed by atoms with Crippen LogP contribution in [0.15, 0.2) is 59.9 Å². The molecule has 2 aromatic carbocycles. The van der Waals surface area contributed by atoms with E-state index in [-0.39, 0.29) is 11.6 Å². The minimum atomic E-state index is -0.389. The molecule has 0 saturated carbocycles. The summed E-state index contributed by atoms with van der Waals surface area (Å²) < 4.78 is 14.4. The Kier molecular flexibility index (Phi) is 5.45. The van der Waals surface area contributed by atoms with Gasteiger partial charge in [0.1, 0.15) is 17.2 Å². The van der Waals surface area contributed by atoms with E-state index in [4.69, 9.17) is 23.2 Å². The van der Waals surface area contributed by atoms with Crippen LogP contribution in [0.1, 0.15) is 0 Å². The van der Waals surface area contributed by atoms with Crippen molar-refractivity contribution in [1.82, 2.24) is 19.7 Å². The Labute approximate surface area is 180 Å². The maximum absolute atomic E-state index is 13.5. The predicted molar refractivity (Wildman–Crippen MR) is 113 cm³/mol. The summed E-state index contributed by atoms with van der Waals surface area (Å²) in [6, 6.07) is 12.4. The summed E-state index contributed by atoms with van der Waals surface area (Å²) >= 11 is 14.0. The van der Waals surface area contributed by atoms with Crippen LogP contribution in [-0.4, -0.2) is 31.1 Å². The number of halogens is 3. The van der Waals surface area contributed by atoms with Gasteiger partial charge in [0, 0.05) is 11.8 Å². The summed E-state index contributed by atoms with van der Waals surface area (Å²) in [6.07, 6.45) is 3.47. The number of thioether (sulfide) groups is 1. The van der Waals surface area contributed by atoms with Crippen molar-refractivity contribution in [1.29, 1.82) is 0 Å². The van der Waals surface area contributed by atoms with Crippen molar-refractivity contribution in [3.63, 3.8) is 0 Å². The largest absolute Gasteiger partial charge is 0.426 e. The second kappa shape index (κ2) is 8.02. The lowest BCUT2D eigenvalue weighted by Crippen LogP contribution is -1.98. The zero-order chi connectivity index (χ0) is 20.5. The zero-order valence-corrected chi connectivity index (χ0v) is 17.3. The molecule has 0 atom stereocenters. The van der Waals surface area contributed by atoms with E-state index >= 15 is 0 Å². The van der Waals surface area contributed by atoms with Gasteiger partial charge in [-0.25, -0.2) is 19.3 Å². The monoisotopic (exact) mass is 446 g/mol. The van der Waals surface area contributed by atoms with Gasteiger partial charge in [-0.05, 0) is 48.7 Å². The van der Waals surface area contributed by atoms with Gasteiger partial charge in [-0.15, -0.1) is 0 Å². The summed E-state index contributed by atoms with van der Waals surface area (Å²) in [5.74, 6) is -0.236. The third-order valence-electron chi connectivity index (χ3n) is 4.22. The molecule has 0 amide bonds. The van der Waals surface area contributed by atoms with Gasteiger partial charge in [0.2, 0.25) is 0 Å². The molecule has 0 bridgehead atoms. The molecule has 0 fully saturated rings. The maximum Gasteiger partial charge on any atom is 0.187 e. The molecule has 2 aromatic heterocycles. The van der Waals surface area contributed by atoms with Crippen molar-refractivity contribution < 1.29 is 9.60 Å². The zero-order valence-electron chi connectivity index (χ0n) is 15.0. The highest BCUT2D eigenvalue weighted by molar-refractivity contribution is 7.98. The smallest absolute Gasteiger partial charge is 0.187 e. The molecular formula is C20H13Cl2FN4OS. The fraction of sp³-hybridized carbons (Fsp3) is 0.0500. The molecule has 146 valence electrons. The molecule has 0 aliphatic carbocycles. The minimum absolute atomic E-state index is 0.152. The van der Waals surface area contributed by atoms with Crippen LogP contribution in [0.5, 0.6) is 0 Å². The number of nitrogens with zero attached hydrogens (tertiary/aromatic N) is 4. The molecule has 2 heterocycles. The maximum atomic E-state index is 13.5. The molecule has 0 spiro atoms. The van der Waals surface area contributed by atoms with Crippen molar-refractivity contribution in [2.45, 2.75) is 5.16 Å². The molecule has 1 N–H and O–H groups in total. The van der Waals surface area contributed by atoms with E-state index in [1.807, 2.05) is 6.26 Å². The van der Waals surface area contributed by atoms with Crippen molar-refractivity contribution in [3.8, 4) is 34.0 Å². The number of rotatable bonds is 4. The van der Waals surface area contributed by atoms with Gasteiger partial charge in [-0.3, -0.25) is 0 Å². The molecule has 0 unspecified atom stereocenters. The lowest BCUT2D eigenvalue weighted by atomic mass is 10.1. The van der Waals surface area contributed by atoms with Crippen molar-refractivity contribution >= 4 is 35.0 Å². The fourth-order valence-electron chi connectivity index (χ4n) is 2.90. The van der Waals surface area contributed by atoms with Crippen molar-refractivity contribution in [3.05, 3.63) is 70.6 Å². The van der Waals surface area contributed by atoms with E-state index in [9.17, 15) is 9.60 Å². The van der Waals surface area contributed by atoms with Crippen molar-refractivity contribution in [2.75, 3.05) is 6.26 Å². The summed E-state index contributed by atoms with van der Waals surface area (Å²) in [4.78, 5) is 13.3. The van der Waals surface area contributed by atoms with Crippen LogP contribution in [0.4, 0.5) is 4.39 Å². The molecule has 4 aromatic rings. The van der Waals surface area contributed by atoms with Gasteiger partial charge < -0.3 is 5.21 Å². The molecule has 4 rings (SSSR count). The molecule has 5 nitrogen and oxygen atoms in total. The van der Waals surface area contributed by atoms with Crippen LogP contribution in [0.3, 0.4) is 0 Å². The molecular weight excluding hydrogens is 434 g/mol. The van der Waals surface area contributed by atoms with E-state index in [1.54, 1.807) is 42.6 Å². The topological polar surface area (TPSA) is 63.8 Å². The molecule has 0 aliphatic heterocycles. The molecule has 29 heavy (non-hydrogen) atoms. The Bertz CT molecular complexity index is 1180. The first kappa shape index (κ1) is 19.7. The van der Waals surface area contributed by atoms with Gasteiger partial charge in [0.05, 0.1) is 21.3 Å². The second-order valence-electron chi connectivity index (χ2n) is 5.98. The Morgan fingerprint density at radius 1 is 1.00 bits per heavy atom. The van der Waals surface area contributed by atoms with E-state index in [1.165, 1.54) is 23.9 Å². The van der Waals surface area contributed by atoms with Crippen molar-refractivity contribution in [2.24, 2.45) is 0 Å². The molecule has 9 heteroatoms. The Hall–Kier alpha value is -2.61. The van der Waals surface area contributed by atoms with E-state index in [0.29, 0.717) is 43.4 Å². The third kappa shape index (κ3) is 3.69. The lowest BCUT2D eigenvalue weighted by molar-refractivity contribution is 0.195. The Balaban J connectivity index is 2.02. The van der Waals surface area contributed by atoms with Crippen LogP contribution in [0, 0.1) is 5.82 Å². The standard InChI is InChI=1S/C20H13Cl2FN4OS/c1-29-20-24-10-9-15(25-20)17-18(11-5-7-12(23)8-6-11)27(28)19(26-17)16-13(21)3-2-4-14(16)22/h2-10,28H,1H3. The predicted octanol–water partition coefficient (Wildman–Crippen LogP) is 6.08. The highest BCUT2D eigenvalue weighted by Gasteiger charge is 2.25. The molecule has 0 radical (unpaired) electrons. The van der Waals surface area contributed by atoms with Crippen LogP contribution in [0.2, 0.25) is 10.0 Å². The normalized spacial score (nSPS) is 11.0. The van der Waals surface area contributed by atoms with Gasteiger partial charge in [0.25, 0.3) is 0 Å². The van der Waals surface area contributed by atoms with E-state index < -0.39 is 0 Å². The van der Waals surface area contributed by atoms with E-state index in [0.717, 1.165) is 4.73 Å². The third-order valence-corrected chi connectivity index (χ3v) is 5.41. The number of benzene rings is 2. The Morgan fingerprint density at radius 3 is 2.34 bits per heavy atom. The first-order chi connectivity index (χ1) is 14.0. The average molecular weight is 447 g/mol. The number of imidazole rings is 1. The van der Waals surface area contributed by atoms with E-state index in [2.05, 4.69) is 15.0 Å². The summed E-state index contributed by atoms with van der Waals surface area (Å²) in [7, 11) is 0. The van der Waals surface area contributed by atoms with Gasteiger partial charge >= 0.3 is 0 Å². The van der Waals surface area contributed by atoms with Crippen LogP contribution >= 0.6 is 35.0 Å². The summed E-state index contributed by atoms with van der Waals surface area (Å²) in [5, 5.41) is 12.2. The Morgan fingerprint density at radius 2 is 1.69 bits per heavy atom. The van der Waals surface area contributed by atoms with Crippen LogP contribution in [0.25, 0.3) is 34.0 Å². The van der Waals surface area contributed by atoms with Crippen LogP contribution in [-0.2, 0) is 0 Å². The van der Waals surface area contributed by atoms with Gasteiger partial charge in [-0.2, -0.15) is 4.73 Å². The van der Waals surface area contributed by atoms with Crippen LogP contribution < -0.4 is 0 Å². The highest BCUT2D eigenvalue weighted by Crippen LogP contribution is 2.39. The lowest BCUT2D eigenvalue weighted by Gasteiger charge is -2.08. The van der Waals surface area contributed by atoms with Gasteiger partial charge in [0.15, 0.2) is 11.0 Å². The van der Waals surface area contributed by atoms with Gasteiger partial charge in [-0.1, -0.05) is 41.0 Å². The second-order valence-corrected chi connectivity index (χ2v) is 7.56. The highest BCUT2D eigenvalue weighted by atomic mass is 35.5. The number of hydrogen-bond donors (Lipinski definition) is 1. The number of hydrogen-bond acceptors (Lipinski definition) is 5. The molecule has 0 aliphatic rings. The fourth-order valence-corrected chi connectivity index (χ4v) is 3.82. The minimum Gasteiger partial charge on any atom is -0.426 e. The average Bonchev–Trinajstić information content (AvgIpc) is 3.05. The summed E-state index contributed by atoms with van der Waals surface area (Å²) in [5.41, 5.74) is 2.16. The summed E-state index contributed by atoms with van der Waals surface area (Å²) in [6.45, 7) is 0. The SMILES string of the molecule is CSc1nccc(-c2nc(-c3c(Cl)cccc3Cl)n(O)c2-c2ccc(F)cc2)n1. The molecule has 0 saturated heterocycles. The first-order valence-corrected chi connectivity index (χ1v) is 10.4. The quantitative estimate of drug-likeness (QED) is 0.233. The first-order valence-electron chi connectivity index (χ1n) is 8.39. The number of aromatic nitrogens is 4.